The van der Waals surface area contributed by atoms with Crippen LogP contribution in [0.15, 0.2) is 30.5 Å². The van der Waals surface area contributed by atoms with E-state index in [0.717, 1.165) is 30.4 Å². The summed E-state index contributed by atoms with van der Waals surface area (Å²) in [5, 5.41) is 22.1. The number of ether oxygens (including phenoxy) is 1. The minimum Gasteiger partial charge on any atom is -0.464 e. The number of hydrogen-bond donors (Lipinski definition) is 3. The van der Waals surface area contributed by atoms with Crippen LogP contribution in [0.3, 0.4) is 0 Å². The van der Waals surface area contributed by atoms with Gasteiger partial charge in [-0.2, -0.15) is 5.26 Å². The molecule has 8 nitrogen and oxygen atoms in total. The van der Waals surface area contributed by atoms with Gasteiger partial charge in [-0.25, -0.2) is 9.78 Å². The number of amides is 1. The molecule has 1 aromatic carbocycles. The summed E-state index contributed by atoms with van der Waals surface area (Å²) in [5.41, 5.74) is 3.07. The van der Waals surface area contributed by atoms with Gasteiger partial charge in [-0.3, -0.25) is 4.79 Å². The van der Waals surface area contributed by atoms with Crippen LogP contribution >= 0.6 is 0 Å². The highest BCUT2D eigenvalue weighted by Crippen LogP contribution is 2.40. The number of rotatable bonds is 6. The Morgan fingerprint density at radius 2 is 2.19 bits per heavy atom. The number of carbonyl (C=O) groups excluding carboxylic acids is 2. The average Bonchev–Trinajstić information content (AvgIpc) is 3.23. The predicted molar refractivity (Wildman–Crippen MR) is 115 cm³/mol. The van der Waals surface area contributed by atoms with Gasteiger partial charge in [0.05, 0.1) is 12.8 Å². The third-order valence-electron chi connectivity index (χ3n) is 5.35. The molecule has 0 fully saturated rings. The van der Waals surface area contributed by atoms with Crippen molar-refractivity contribution in [3.8, 4) is 6.07 Å². The first-order valence-electron chi connectivity index (χ1n) is 10.2. The third-order valence-corrected chi connectivity index (χ3v) is 5.35. The summed E-state index contributed by atoms with van der Waals surface area (Å²) in [6, 6.07) is 6.84. The lowest BCUT2D eigenvalue weighted by molar-refractivity contribution is -0.153. The van der Waals surface area contributed by atoms with E-state index in [0.29, 0.717) is 11.3 Å². The fraction of sp³-hybridized carbons (Fsp3) is 0.391. The van der Waals surface area contributed by atoms with E-state index in [1.54, 1.807) is 25.1 Å². The smallest absolute Gasteiger partial charge is 0.339 e. The molecule has 8 heteroatoms. The molecule has 3 N–H and O–H groups in total. The highest BCUT2D eigenvalue weighted by Gasteiger charge is 2.26. The molecule has 1 unspecified atom stereocenters. The fourth-order valence-electron chi connectivity index (χ4n) is 3.46. The molecule has 1 aliphatic carbocycles. The van der Waals surface area contributed by atoms with Gasteiger partial charge in [0.25, 0.3) is 5.91 Å². The number of H-pyrrole nitrogens is 1. The largest absolute Gasteiger partial charge is 0.464 e. The zero-order valence-corrected chi connectivity index (χ0v) is 17.9. The summed E-state index contributed by atoms with van der Waals surface area (Å²) in [7, 11) is 0. The van der Waals surface area contributed by atoms with Crippen LogP contribution in [0.2, 0.25) is 0 Å². The molecular formula is C23H26N4O4. The van der Waals surface area contributed by atoms with E-state index in [4.69, 9.17) is 10.00 Å². The molecule has 0 spiro atoms. The molecular weight excluding hydrogens is 396 g/mol. The van der Waals surface area contributed by atoms with E-state index < -0.39 is 18.0 Å². The highest BCUT2D eigenvalue weighted by atomic mass is 16.5. The van der Waals surface area contributed by atoms with Gasteiger partial charge in [0.1, 0.15) is 11.8 Å². The minimum atomic E-state index is -1.41. The maximum absolute atomic E-state index is 12.6. The number of allylic oxidation sites excluding steroid dienone is 2. The molecule has 1 aromatic heterocycles. The molecule has 3 rings (SSSR count). The van der Waals surface area contributed by atoms with Crippen LogP contribution in [-0.4, -0.2) is 33.6 Å². The molecule has 0 saturated carbocycles. The van der Waals surface area contributed by atoms with Gasteiger partial charge in [-0.1, -0.05) is 26.0 Å². The number of aliphatic hydroxyl groups excluding tert-OH is 1. The lowest BCUT2D eigenvalue weighted by Gasteiger charge is -2.29. The molecule has 2 aromatic rings. The van der Waals surface area contributed by atoms with Gasteiger partial charge in [-0.05, 0) is 54.9 Å². The van der Waals surface area contributed by atoms with Crippen molar-refractivity contribution in [2.24, 2.45) is 5.41 Å². The fourth-order valence-corrected chi connectivity index (χ4v) is 3.46. The summed E-state index contributed by atoms with van der Waals surface area (Å²) >= 11 is 0. The Bertz CT molecular complexity index is 1060. The molecule has 1 amide bonds. The Morgan fingerprint density at radius 1 is 1.42 bits per heavy atom. The van der Waals surface area contributed by atoms with Crippen LogP contribution in [0.1, 0.15) is 73.6 Å². The molecule has 162 valence electrons. The van der Waals surface area contributed by atoms with E-state index in [-0.39, 0.29) is 23.5 Å². The van der Waals surface area contributed by atoms with Crippen molar-refractivity contribution in [3.63, 3.8) is 0 Å². The zero-order chi connectivity index (χ0) is 22.6. The quantitative estimate of drug-likeness (QED) is 0.609. The lowest BCUT2D eigenvalue weighted by atomic mass is 9.76. The van der Waals surface area contributed by atoms with Crippen molar-refractivity contribution in [2.75, 3.05) is 11.9 Å². The van der Waals surface area contributed by atoms with Crippen LogP contribution in [0, 0.1) is 16.7 Å². The van der Waals surface area contributed by atoms with E-state index in [9.17, 15) is 14.7 Å². The monoisotopic (exact) mass is 422 g/mol. The van der Waals surface area contributed by atoms with Crippen molar-refractivity contribution in [1.29, 1.82) is 5.26 Å². The summed E-state index contributed by atoms with van der Waals surface area (Å²) in [5.74, 6) is -1.18. The molecule has 1 aliphatic rings. The van der Waals surface area contributed by atoms with Crippen molar-refractivity contribution in [3.05, 3.63) is 53.1 Å². The number of nitrogens with one attached hydrogen (secondary N) is 2. The van der Waals surface area contributed by atoms with Crippen LogP contribution in [0.25, 0.3) is 5.57 Å². The second-order valence-corrected chi connectivity index (χ2v) is 8.27. The van der Waals surface area contributed by atoms with Crippen molar-refractivity contribution in [2.45, 2.75) is 46.1 Å². The third kappa shape index (κ3) is 5.19. The highest BCUT2D eigenvalue weighted by molar-refractivity contribution is 6.03. The standard InChI is InChI=1S/C23H26N4O4/c1-4-31-22(30)19(28)15-5-6-18(27-21(29)20-25-13-16(12-24)26-20)17(11-15)14-7-9-23(2,3)10-8-14/h5-7,11,13,19,28H,4,8-10H2,1-3H3,(H,25,26)(H,27,29). The number of esters is 1. The Balaban J connectivity index is 1.95. The second kappa shape index (κ2) is 9.14. The number of aromatic amines is 1. The second-order valence-electron chi connectivity index (χ2n) is 8.27. The molecule has 0 saturated heterocycles. The predicted octanol–water partition coefficient (Wildman–Crippen LogP) is 3.72. The van der Waals surface area contributed by atoms with Crippen molar-refractivity contribution in [1.82, 2.24) is 9.97 Å². The molecule has 0 aliphatic heterocycles. The lowest BCUT2D eigenvalue weighted by Crippen LogP contribution is -2.18. The Labute approximate surface area is 181 Å². The normalized spacial score (nSPS) is 16.0. The molecule has 0 radical (unpaired) electrons. The van der Waals surface area contributed by atoms with Gasteiger partial charge in [-0.15, -0.1) is 0 Å². The van der Waals surface area contributed by atoms with E-state index >= 15 is 0 Å². The van der Waals surface area contributed by atoms with E-state index in [1.165, 1.54) is 6.20 Å². The number of anilines is 1. The number of aromatic nitrogens is 2. The number of aliphatic hydroxyl groups is 1. The Morgan fingerprint density at radius 3 is 2.81 bits per heavy atom. The first kappa shape index (κ1) is 22.2. The minimum absolute atomic E-state index is 0.0249. The van der Waals surface area contributed by atoms with Gasteiger partial charge >= 0.3 is 5.97 Å². The molecule has 1 atom stereocenters. The number of imidazole rings is 1. The summed E-state index contributed by atoms with van der Waals surface area (Å²) in [4.78, 5) is 31.2. The molecule has 31 heavy (non-hydrogen) atoms. The Kier molecular flexibility index (Phi) is 6.56. The van der Waals surface area contributed by atoms with Gasteiger partial charge in [0.2, 0.25) is 0 Å². The number of benzene rings is 1. The summed E-state index contributed by atoms with van der Waals surface area (Å²) < 4.78 is 4.92. The number of nitriles is 1. The zero-order valence-electron chi connectivity index (χ0n) is 17.9. The molecule has 0 bridgehead atoms. The SMILES string of the molecule is CCOC(=O)C(O)c1ccc(NC(=O)c2ncc(C#N)[nH]2)c(C2=CCC(C)(C)CC2)c1. The van der Waals surface area contributed by atoms with Crippen molar-refractivity contribution >= 4 is 23.1 Å². The van der Waals surface area contributed by atoms with Crippen LogP contribution in [0.5, 0.6) is 0 Å². The first-order valence-corrected chi connectivity index (χ1v) is 10.2. The van der Waals surface area contributed by atoms with Gasteiger partial charge in [0, 0.05) is 11.3 Å². The topological polar surface area (TPSA) is 128 Å². The van der Waals surface area contributed by atoms with Gasteiger partial charge in [0.15, 0.2) is 11.9 Å². The average molecular weight is 422 g/mol. The maximum atomic E-state index is 12.6. The number of carbonyl (C=O) groups is 2. The molecule has 1 heterocycles. The van der Waals surface area contributed by atoms with Crippen LogP contribution < -0.4 is 5.32 Å². The van der Waals surface area contributed by atoms with E-state index in [1.807, 2.05) is 6.07 Å². The maximum Gasteiger partial charge on any atom is 0.339 e. The van der Waals surface area contributed by atoms with E-state index in [2.05, 4.69) is 35.2 Å². The van der Waals surface area contributed by atoms with Crippen LogP contribution in [-0.2, 0) is 9.53 Å². The number of nitrogens with zero attached hydrogens (tertiary/aromatic N) is 2. The first-order chi connectivity index (χ1) is 14.7. The van der Waals surface area contributed by atoms with Gasteiger partial charge < -0.3 is 20.1 Å². The number of hydrogen-bond acceptors (Lipinski definition) is 6. The summed E-state index contributed by atoms with van der Waals surface area (Å²) in [6.07, 6.45) is 4.67. The van der Waals surface area contributed by atoms with Crippen molar-refractivity contribution < 1.29 is 19.4 Å². The Hall–Kier alpha value is -3.44. The summed E-state index contributed by atoms with van der Waals surface area (Å²) in [6.45, 7) is 6.25. The van der Waals surface area contributed by atoms with Crippen LogP contribution in [0.4, 0.5) is 5.69 Å².